The Bertz CT molecular complexity index is 249. The second-order valence-electron chi connectivity index (χ2n) is 6.54. The van der Waals surface area contributed by atoms with Gasteiger partial charge in [-0.3, -0.25) is 11.7 Å². The zero-order valence-corrected chi connectivity index (χ0v) is 11.4. The first-order valence-corrected chi connectivity index (χ1v) is 7.31. The second kappa shape index (κ2) is 4.70. The van der Waals surface area contributed by atoms with Crippen LogP contribution >= 0.6 is 0 Å². The zero-order chi connectivity index (χ0) is 12.6. The fourth-order valence-electron chi connectivity index (χ4n) is 3.78. The molecule has 0 aromatic carbocycles. The summed E-state index contributed by atoms with van der Waals surface area (Å²) in [6, 6.07) is 0. The van der Waals surface area contributed by atoms with Gasteiger partial charge in [0.25, 0.3) is 0 Å². The standard InChI is InChI=1S/C12H28N6/c13-15-1-5-17(6-2-15)9-11-18(12-10-17)7-3-16(14)4-8-18/h1-14H2/q+2. The van der Waals surface area contributed by atoms with E-state index in [4.69, 9.17) is 11.7 Å². The van der Waals surface area contributed by atoms with Crippen LogP contribution in [-0.2, 0) is 0 Å². The predicted molar refractivity (Wildman–Crippen MR) is 71.0 cm³/mol. The molecule has 0 radical (unpaired) electrons. The van der Waals surface area contributed by atoms with Crippen LogP contribution in [0.5, 0.6) is 0 Å². The molecular weight excluding hydrogens is 228 g/mol. The highest BCUT2D eigenvalue weighted by atomic mass is 15.5. The molecule has 3 fully saturated rings. The van der Waals surface area contributed by atoms with Crippen LogP contribution in [0.15, 0.2) is 0 Å². The number of rotatable bonds is 0. The highest BCUT2D eigenvalue weighted by Crippen LogP contribution is 2.22. The third-order valence-corrected chi connectivity index (χ3v) is 5.54. The quantitative estimate of drug-likeness (QED) is 0.389. The topological polar surface area (TPSA) is 58.5 Å². The van der Waals surface area contributed by atoms with Crippen LogP contribution in [0, 0.1) is 0 Å². The second-order valence-corrected chi connectivity index (χ2v) is 6.54. The van der Waals surface area contributed by atoms with E-state index in [2.05, 4.69) is 0 Å². The van der Waals surface area contributed by atoms with Crippen molar-refractivity contribution in [1.82, 2.24) is 10.0 Å². The van der Waals surface area contributed by atoms with Gasteiger partial charge in [0.15, 0.2) is 0 Å². The van der Waals surface area contributed by atoms with E-state index in [1.165, 1.54) is 61.3 Å². The van der Waals surface area contributed by atoms with Crippen molar-refractivity contribution in [3.63, 3.8) is 0 Å². The van der Waals surface area contributed by atoms with Crippen LogP contribution < -0.4 is 11.7 Å². The van der Waals surface area contributed by atoms with Gasteiger partial charge in [-0.05, 0) is 0 Å². The Morgan fingerprint density at radius 1 is 0.500 bits per heavy atom. The Kier molecular flexibility index (Phi) is 3.34. The average molecular weight is 256 g/mol. The van der Waals surface area contributed by atoms with Gasteiger partial charge >= 0.3 is 0 Å². The normalized spacial score (nSPS) is 33.0. The highest BCUT2D eigenvalue weighted by Gasteiger charge is 2.44. The molecule has 4 N–H and O–H groups in total. The van der Waals surface area contributed by atoms with Gasteiger partial charge in [0, 0.05) is 0 Å². The monoisotopic (exact) mass is 256 g/mol. The molecule has 104 valence electrons. The van der Waals surface area contributed by atoms with Crippen molar-refractivity contribution in [2.75, 3.05) is 78.5 Å². The maximum Gasteiger partial charge on any atom is 0.129 e. The molecule has 3 rings (SSSR count). The lowest BCUT2D eigenvalue weighted by molar-refractivity contribution is -1.03. The molecule has 0 amide bonds. The Balaban J connectivity index is 1.57. The molecule has 3 aliphatic rings. The third kappa shape index (κ3) is 2.41. The lowest BCUT2D eigenvalue weighted by atomic mass is 10.1. The SMILES string of the molecule is NN1CC[N+]2(CC1)CC[N+]1(CCN(N)CC1)CC2. The van der Waals surface area contributed by atoms with E-state index in [1.807, 2.05) is 10.0 Å². The van der Waals surface area contributed by atoms with E-state index in [1.54, 1.807) is 0 Å². The fraction of sp³-hybridized carbons (Fsp3) is 1.00. The van der Waals surface area contributed by atoms with E-state index >= 15 is 0 Å². The molecule has 0 unspecified atom stereocenters. The molecule has 0 aromatic heterocycles. The molecule has 18 heavy (non-hydrogen) atoms. The molecule has 0 aliphatic carbocycles. The van der Waals surface area contributed by atoms with Gasteiger partial charge < -0.3 is 8.97 Å². The van der Waals surface area contributed by atoms with Gasteiger partial charge in [-0.1, -0.05) is 0 Å². The molecule has 2 spiro atoms. The molecular formula is C12H28N6+2. The molecule has 3 saturated heterocycles. The Hall–Kier alpha value is -0.240. The minimum absolute atomic E-state index is 1.07. The Labute approximate surface area is 110 Å². The van der Waals surface area contributed by atoms with Crippen molar-refractivity contribution in [3.05, 3.63) is 0 Å². The number of nitrogens with zero attached hydrogens (tertiary/aromatic N) is 4. The summed E-state index contributed by atoms with van der Waals surface area (Å²) in [4.78, 5) is 0. The van der Waals surface area contributed by atoms with E-state index in [0.29, 0.717) is 0 Å². The minimum Gasteiger partial charge on any atom is -0.312 e. The maximum absolute atomic E-state index is 5.88. The van der Waals surface area contributed by atoms with Crippen LogP contribution in [0.4, 0.5) is 0 Å². The third-order valence-electron chi connectivity index (χ3n) is 5.54. The summed E-state index contributed by atoms with van der Waals surface area (Å²) in [5.41, 5.74) is 0. The smallest absolute Gasteiger partial charge is 0.129 e. The van der Waals surface area contributed by atoms with E-state index < -0.39 is 0 Å². The lowest BCUT2D eigenvalue weighted by Gasteiger charge is -2.53. The summed E-state index contributed by atoms with van der Waals surface area (Å²) < 4.78 is 2.64. The van der Waals surface area contributed by atoms with Crippen molar-refractivity contribution in [2.24, 2.45) is 11.7 Å². The minimum atomic E-state index is 1.07. The summed E-state index contributed by atoms with van der Waals surface area (Å²) in [6.07, 6.45) is 0. The van der Waals surface area contributed by atoms with Gasteiger partial charge in [-0.15, -0.1) is 0 Å². The van der Waals surface area contributed by atoms with Crippen molar-refractivity contribution in [2.45, 2.75) is 0 Å². The van der Waals surface area contributed by atoms with Gasteiger partial charge in [0.2, 0.25) is 0 Å². The van der Waals surface area contributed by atoms with Gasteiger partial charge in [-0.25, -0.2) is 10.0 Å². The van der Waals surface area contributed by atoms with Crippen molar-refractivity contribution in [3.8, 4) is 0 Å². The zero-order valence-electron chi connectivity index (χ0n) is 11.4. The van der Waals surface area contributed by atoms with Crippen LogP contribution in [0.1, 0.15) is 0 Å². The number of nitrogens with two attached hydrogens (primary N) is 2. The predicted octanol–water partition coefficient (Wildman–Crippen LogP) is -1.99. The lowest BCUT2D eigenvalue weighted by Crippen LogP contribution is -2.73. The van der Waals surface area contributed by atoms with Crippen LogP contribution in [0.2, 0.25) is 0 Å². The number of hydrazine groups is 2. The molecule has 0 bridgehead atoms. The number of hydrogen-bond acceptors (Lipinski definition) is 4. The van der Waals surface area contributed by atoms with Gasteiger partial charge in [0.05, 0.1) is 52.4 Å². The highest BCUT2D eigenvalue weighted by molar-refractivity contribution is 4.66. The fourth-order valence-corrected chi connectivity index (χ4v) is 3.78. The van der Waals surface area contributed by atoms with E-state index in [0.717, 1.165) is 26.2 Å². The Morgan fingerprint density at radius 2 is 0.778 bits per heavy atom. The Morgan fingerprint density at radius 3 is 1.06 bits per heavy atom. The van der Waals surface area contributed by atoms with Crippen LogP contribution in [0.3, 0.4) is 0 Å². The molecule has 3 heterocycles. The maximum atomic E-state index is 5.88. The first kappa shape index (κ1) is 12.8. The largest absolute Gasteiger partial charge is 0.312 e. The summed E-state index contributed by atoms with van der Waals surface area (Å²) >= 11 is 0. The number of quaternary nitrogens is 2. The van der Waals surface area contributed by atoms with Crippen LogP contribution in [0.25, 0.3) is 0 Å². The number of hydrogen-bond donors (Lipinski definition) is 2. The van der Waals surface area contributed by atoms with Crippen molar-refractivity contribution in [1.29, 1.82) is 0 Å². The first-order chi connectivity index (χ1) is 8.62. The summed E-state index contributed by atoms with van der Waals surface area (Å²) in [5, 5.41) is 3.96. The van der Waals surface area contributed by atoms with Crippen molar-refractivity contribution >= 4 is 0 Å². The summed E-state index contributed by atoms with van der Waals surface area (Å²) in [5.74, 6) is 11.8. The molecule has 6 nitrogen and oxygen atoms in total. The molecule has 6 heteroatoms. The summed E-state index contributed by atoms with van der Waals surface area (Å²) in [6.45, 7) is 14.6. The van der Waals surface area contributed by atoms with E-state index in [9.17, 15) is 0 Å². The van der Waals surface area contributed by atoms with Gasteiger partial charge in [-0.2, -0.15) is 0 Å². The molecule has 3 aliphatic heterocycles. The molecule has 0 saturated carbocycles. The molecule has 0 atom stereocenters. The van der Waals surface area contributed by atoms with Gasteiger partial charge in [0.1, 0.15) is 26.2 Å². The van der Waals surface area contributed by atoms with E-state index in [-0.39, 0.29) is 0 Å². The van der Waals surface area contributed by atoms with Crippen molar-refractivity contribution < 1.29 is 8.97 Å². The molecule has 0 aromatic rings. The number of piperazine rings is 3. The summed E-state index contributed by atoms with van der Waals surface area (Å²) in [7, 11) is 0. The average Bonchev–Trinajstić information content (AvgIpc) is 2.41. The van der Waals surface area contributed by atoms with Crippen LogP contribution in [-0.4, -0.2) is 97.5 Å². The first-order valence-electron chi connectivity index (χ1n) is 7.31.